The van der Waals surface area contributed by atoms with Crippen LogP contribution in [-0.4, -0.2) is 30.1 Å². The molecular weight excluding hydrogens is 303 g/mol. The number of nitrogens with one attached hydrogen (secondary N) is 1. The van der Waals surface area contributed by atoms with E-state index in [9.17, 15) is 0 Å². The third-order valence-electron chi connectivity index (χ3n) is 4.75. The van der Waals surface area contributed by atoms with Crippen molar-refractivity contribution in [2.75, 3.05) is 13.1 Å². The first-order valence-electron chi connectivity index (χ1n) is 7.96. The summed E-state index contributed by atoms with van der Waals surface area (Å²) < 4.78 is 0. The second kappa shape index (κ2) is 7.82. The maximum atomic E-state index is 6.34. The van der Waals surface area contributed by atoms with E-state index in [0.29, 0.717) is 23.0 Å². The van der Waals surface area contributed by atoms with Crippen molar-refractivity contribution in [2.45, 2.75) is 52.2 Å². The molecule has 0 saturated carbocycles. The number of benzene rings is 1. The van der Waals surface area contributed by atoms with Gasteiger partial charge in [0.15, 0.2) is 0 Å². The van der Waals surface area contributed by atoms with Crippen LogP contribution < -0.4 is 5.32 Å². The lowest BCUT2D eigenvalue weighted by Gasteiger charge is -2.42. The number of piperazine rings is 1. The van der Waals surface area contributed by atoms with Crippen LogP contribution >= 0.6 is 23.2 Å². The SMILES string of the molecule is CCC(C)C1CN(Cc2ccc(Cl)cc2Cl)C(CC)CN1. The van der Waals surface area contributed by atoms with Crippen LogP contribution in [0.3, 0.4) is 0 Å². The molecule has 1 saturated heterocycles. The van der Waals surface area contributed by atoms with Crippen LogP contribution in [0.15, 0.2) is 18.2 Å². The molecule has 4 heteroatoms. The largest absolute Gasteiger partial charge is 0.311 e. The predicted octanol–water partition coefficient (Wildman–Crippen LogP) is 4.59. The number of hydrogen-bond donors (Lipinski definition) is 1. The van der Waals surface area contributed by atoms with Crippen LogP contribution in [0.2, 0.25) is 10.0 Å². The molecule has 0 spiro atoms. The lowest BCUT2D eigenvalue weighted by molar-refractivity contribution is 0.0993. The highest BCUT2D eigenvalue weighted by Crippen LogP contribution is 2.25. The molecule has 21 heavy (non-hydrogen) atoms. The summed E-state index contributed by atoms with van der Waals surface area (Å²) in [5.74, 6) is 0.700. The van der Waals surface area contributed by atoms with Crippen LogP contribution in [0.1, 0.15) is 39.2 Å². The molecule has 1 aromatic carbocycles. The smallest absolute Gasteiger partial charge is 0.0465 e. The maximum absolute atomic E-state index is 6.34. The molecule has 0 aliphatic carbocycles. The molecule has 3 unspecified atom stereocenters. The summed E-state index contributed by atoms with van der Waals surface area (Å²) in [7, 11) is 0. The van der Waals surface area contributed by atoms with Gasteiger partial charge in [0, 0.05) is 41.8 Å². The molecule has 0 amide bonds. The van der Waals surface area contributed by atoms with E-state index in [1.807, 2.05) is 12.1 Å². The first-order chi connectivity index (χ1) is 10.0. The van der Waals surface area contributed by atoms with Gasteiger partial charge in [0.2, 0.25) is 0 Å². The highest BCUT2D eigenvalue weighted by atomic mass is 35.5. The van der Waals surface area contributed by atoms with Crippen molar-refractivity contribution in [2.24, 2.45) is 5.92 Å². The first kappa shape index (κ1) is 17.1. The molecule has 0 aromatic heterocycles. The van der Waals surface area contributed by atoms with Crippen molar-refractivity contribution in [3.8, 4) is 0 Å². The summed E-state index contributed by atoms with van der Waals surface area (Å²) >= 11 is 12.3. The van der Waals surface area contributed by atoms with E-state index in [2.05, 4.69) is 37.1 Å². The molecule has 1 aliphatic rings. The van der Waals surface area contributed by atoms with Crippen molar-refractivity contribution in [3.05, 3.63) is 33.8 Å². The van der Waals surface area contributed by atoms with Gasteiger partial charge in [-0.15, -0.1) is 0 Å². The average Bonchev–Trinajstić information content (AvgIpc) is 2.49. The Bertz CT molecular complexity index is 464. The van der Waals surface area contributed by atoms with Crippen molar-refractivity contribution < 1.29 is 0 Å². The van der Waals surface area contributed by atoms with Crippen LogP contribution in [-0.2, 0) is 6.54 Å². The molecule has 1 aliphatic heterocycles. The van der Waals surface area contributed by atoms with Crippen LogP contribution in [0.5, 0.6) is 0 Å². The third-order valence-corrected chi connectivity index (χ3v) is 5.34. The Kier molecular flexibility index (Phi) is 6.36. The maximum Gasteiger partial charge on any atom is 0.0465 e. The van der Waals surface area contributed by atoms with Gasteiger partial charge in [0.25, 0.3) is 0 Å². The minimum Gasteiger partial charge on any atom is -0.311 e. The second-order valence-electron chi connectivity index (χ2n) is 6.13. The highest BCUT2D eigenvalue weighted by molar-refractivity contribution is 6.35. The molecule has 1 fully saturated rings. The molecule has 1 heterocycles. The normalized spacial score (nSPS) is 25.0. The lowest BCUT2D eigenvalue weighted by Crippen LogP contribution is -2.57. The molecule has 3 atom stereocenters. The van der Waals surface area contributed by atoms with Crippen LogP contribution in [0.4, 0.5) is 0 Å². The van der Waals surface area contributed by atoms with Gasteiger partial charge in [-0.3, -0.25) is 4.90 Å². The summed E-state index contributed by atoms with van der Waals surface area (Å²) in [6.07, 6.45) is 2.37. The van der Waals surface area contributed by atoms with Gasteiger partial charge in [0.1, 0.15) is 0 Å². The number of nitrogens with zero attached hydrogens (tertiary/aromatic N) is 1. The standard InChI is InChI=1S/C17H26Cl2N2/c1-4-12(3)17-11-21(15(5-2)9-20-17)10-13-6-7-14(18)8-16(13)19/h6-8,12,15,17,20H,4-5,9-11H2,1-3H3. The Morgan fingerprint density at radius 2 is 2.10 bits per heavy atom. The monoisotopic (exact) mass is 328 g/mol. The van der Waals surface area contributed by atoms with E-state index in [1.165, 1.54) is 12.0 Å². The number of rotatable bonds is 5. The van der Waals surface area contributed by atoms with Crippen molar-refractivity contribution in [1.82, 2.24) is 10.2 Å². The van der Waals surface area contributed by atoms with E-state index in [0.717, 1.165) is 31.1 Å². The van der Waals surface area contributed by atoms with Gasteiger partial charge in [-0.25, -0.2) is 0 Å². The fourth-order valence-corrected chi connectivity index (χ4v) is 3.48. The minimum atomic E-state index is 0.573. The van der Waals surface area contributed by atoms with Gasteiger partial charge < -0.3 is 5.32 Å². The minimum absolute atomic E-state index is 0.573. The zero-order chi connectivity index (χ0) is 15.4. The fourth-order valence-electron chi connectivity index (χ4n) is 3.01. The molecule has 0 bridgehead atoms. The van der Waals surface area contributed by atoms with E-state index in [1.54, 1.807) is 0 Å². The molecule has 2 rings (SSSR count). The molecular formula is C17H26Cl2N2. The Hall–Kier alpha value is -0.280. The Balaban J connectivity index is 2.10. The number of halogens is 2. The zero-order valence-corrected chi connectivity index (χ0v) is 14.7. The van der Waals surface area contributed by atoms with Gasteiger partial charge in [-0.2, -0.15) is 0 Å². The van der Waals surface area contributed by atoms with Gasteiger partial charge in [0.05, 0.1) is 0 Å². The van der Waals surface area contributed by atoms with Gasteiger partial charge in [-0.1, -0.05) is 56.5 Å². The molecule has 2 nitrogen and oxygen atoms in total. The summed E-state index contributed by atoms with van der Waals surface area (Å²) in [4.78, 5) is 2.57. The van der Waals surface area contributed by atoms with Gasteiger partial charge in [-0.05, 0) is 30.0 Å². The molecule has 1 aromatic rings. The van der Waals surface area contributed by atoms with E-state index in [-0.39, 0.29) is 0 Å². The first-order valence-corrected chi connectivity index (χ1v) is 8.72. The summed E-state index contributed by atoms with van der Waals surface area (Å²) in [6, 6.07) is 6.98. The molecule has 1 N–H and O–H groups in total. The number of hydrogen-bond acceptors (Lipinski definition) is 2. The highest BCUT2D eigenvalue weighted by Gasteiger charge is 2.29. The summed E-state index contributed by atoms with van der Waals surface area (Å²) in [6.45, 7) is 9.91. The predicted molar refractivity (Wildman–Crippen MR) is 92.2 cm³/mol. The lowest BCUT2D eigenvalue weighted by atomic mass is 9.94. The topological polar surface area (TPSA) is 15.3 Å². The summed E-state index contributed by atoms with van der Waals surface area (Å²) in [5, 5.41) is 5.19. The summed E-state index contributed by atoms with van der Waals surface area (Å²) in [5.41, 5.74) is 1.17. The van der Waals surface area contributed by atoms with E-state index in [4.69, 9.17) is 23.2 Å². The molecule has 0 radical (unpaired) electrons. The second-order valence-corrected chi connectivity index (χ2v) is 6.97. The van der Waals surface area contributed by atoms with Crippen molar-refractivity contribution in [3.63, 3.8) is 0 Å². The Morgan fingerprint density at radius 1 is 1.33 bits per heavy atom. The Morgan fingerprint density at radius 3 is 2.71 bits per heavy atom. The average molecular weight is 329 g/mol. The molecule has 118 valence electrons. The van der Waals surface area contributed by atoms with Crippen LogP contribution in [0, 0.1) is 5.92 Å². The van der Waals surface area contributed by atoms with Crippen molar-refractivity contribution >= 4 is 23.2 Å². The quantitative estimate of drug-likeness (QED) is 0.850. The van der Waals surface area contributed by atoms with Crippen LogP contribution in [0.25, 0.3) is 0 Å². The van der Waals surface area contributed by atoms with Crippen molar-refractivity contribution in [1.29, 1.82) is 0 Å². The van der Waals surface area contributed by atoms with E-state index >= 15 is 0 Å². The zero-order valence-electron chi connectivity index (χ0n) is 13.2. The Labute approximate surface area is 138 Å². The van der Waals surface area contributed by atoms with E-state index < -0.39 is 0 Å². The van der Waals surface area contributed by atoms with Gasteiger partial charge >= 0.3 is 0 Å². The third kappa shape index (κ3) is 4.35. The fraction of sp³-hybridized carbons (Fsp3) is 0.647.